The molecule has 1 aliphatic heterocycles. The number of halogens is 2. The molecule has 0 amide bonds. The highest BCUT2D eigenvalue weighted by atomic mass is 35.5. The first-order chi connectivity index (χ1) is 7.66. The fraction of sp³-hybridized carbons (Fsp3) is 0.636. The standard InChI is InChI=1S/C11H17ClN4.ClH/c1-8-6-14-11(15-10(8)12)16(2)7-9-4-3-5-13-9;/h6,9,13H,3-5,7H2,1-2H3;1H. The molecule has 0 aromatic carbocycles. The number of aromatic nitrogens is 2. The maximum atomic E-state index is 5.98. The molecule has 17 heavy (non-hydrogen) atoms. The van der Waals surface area contributed by atoms with Crippen LogP contribution in [0.25, 0.3) is 0 Å². The highest BCUT2D eigenvalue weighted by Gasteiger charge is 2.17. The zero-order valence-electron chi connectivity index (χ0n) is 10.1. The Morgan fingerprint density at radius 2 is 2.35 bits per heavy atom. The van der Waals surface area contributed by atoms with Crippen LogP contribution < -0.4 is 10.2 Å². The lowest BCUT2D eigenvalue weighted by Crippen LogP contribution is -2.36. The summed E-state index contributed by atoms with van der Waals surface area (Å²) in [6, 6.07) is 0.550. The van der Waals surface area contributed by atoms with E-state index in [1.165, 1.54) is 12.8 Å². The highest BCUT2D eigenvalue weighted by molar-refractivity contribution is 6.30. The molecule has 1 aromatic rings. The predicted octanol–water partition coefficient (Wildman–Crippen LogP) is 2.05. The van der Waals surface area contributed by atoms with E-state index >= 15 is 0 Å². The van der Waals surface area contributed by atoms with Crippen LogP contribution in [0.2, 0.25) is 5.15 Å². The van der Waals surface area contributed by atoms with Crippen LogP contribution in [-0.4, -0.2) is 36.1 Å². The molecule has 1 saturated heterocycles. The minimum absolute atomic E-state index is 0. The Morgan fingerprint density at radius 1 is 1.59 bits per heavy atom. The van der Waals surface area contributed by atoms with E-state index in [0.29, 0.717) is 17.1 Å². The van der Waals surface area contributed by atoms with Gasteiger partial charge >= 0.3 is 0 Å². The summed E-state index contributed by atoms with van der Waals surface area (Å²) < 4.78 is 0. The molecule has 1 aromatic heterocycles. The minimum Gasteiger partial charge on any atom is -0.342 e. The van der Waals surface area contributed by atoms with Crippen LogP contribution in [0.15, 0.2) is 6.20 Å². The van der Waals surface area contributed by atoms with Gasteiger partial charge in [-0.15, -0.1) is 12.4 Å². The van der Waals surface area contributed by atoms with E-state index in [-0.39, 0.29) is 12.4 Å². The lowest BCUT2D eigenvalue weighted by Gasteiger charge is -2.21. The summed E-state index contributed by atoms with van der Waals surface area (Å²) in [4.78, 5) is 10.6. The van der Waals surface area contributed by atoms with Gasteiger partial charge in [0.25, 0.3) is 0 Å². The minimum atomic E-state index is 0. The Labute approximate surface area is 113 Å². The fourth-order valence-corrected chi connectivity index (χ4v) is 2.05. The van der Waals surface area contributed by atoms with Crippen molar-refractivity contribution in [3.63, 3.8) is 0 Å². The van der Waals surface area contributed by atoms with E-state index in [1.807, 2.05) is 18.9 Å². The zero-order chi connectivity index (χ0) is 11.5. The van der Waals surface area contributed by atoms with Crippen molar-refractivity contribution < 1.29 is 0 Å². The van der Waals surface area contributed by atoms with Crippen molar-refractivity contribution in [2.45, 2.75) is 25.8 Å². The molecule has 0 aliphatic carbocycles. The first-order valence-electron chi connectivity index (χ1n) is 5.60. The first kappa shape index (κ1) is 14.5. The molecule has 2 heterocycles. The Bertz CT molecular complexity index is 366. The Balaban J connectivity index is 0.00000144. The third kappa shape index (κ3) is 3.69. The van der Waals surface area contributed by atoms with Crippen LogP contribution in [0, 0.1) is 6.92 Å². The van der Waals surface area contributed by atoms with Crippen LogP contribution in [0.5, 0.6) is 0 Å². The normalized spacial score (nSPS) is 18.9. The Kier molecular flexibility index (Phi) is 5.43. The summed E-state index contributed by atoms with van der Waals surface area (Å²) in [5, 5.41) is 3.99. The van der Waals surface area contributed by atoms with E-state index in [0.717, 1.165) is 18.7 Å². The maximum Gasteiger partial charge on any atom is 0.226 e. The second-order valence-electron chi connectivity index (χ2n) is 4.32. The number of nitrogens with one attached hydrogen (secondary N) is 1. The van der Waals surface area contributed by atoms with Gasteiger partial charge in [-0.25, -0.2) is 9.97 Å². The predicted molar refractivity (Wildman–Crippen MR) is 73.3 cm³/mol. The zero-order valence-corrected chi connectivity index (χ0v) is 11.7. The number of nitrogens with zero attached hydrogens (tertiary/aromatic N) is 3. The van der Waals surface area contributed by atoms with Gasteiger partial charge in [0, 0.05) is 31.4 Å². The number of likely N-dealkylation sites (N-methyl/N-ethyl adjacent to an activating group) is 1. The molecule has 0 bridgehead atoms. The summed E-state index contributed by atoms with van der Waals surface area (Å²) in [7, 11) is 2.00. The van der Waals surface area contributed by atoms with Crippen molar-refractivity contribution >= 4 is 30.0 Å². The van der Waals surface area contributed by atoms with Crippen LogP contribution in [-0.2, 0) is 0 Å². The quantitative estimate of drug-likeness (QED) is 0.858. The van der Waals surface area contributed by atoms with Gasteiger partial charge in [-0.1, -0.05) is 11.6 Å². The molecule has 0 saturated carbocycles. The van der Waals surface area contributed by atoms with Crippen LogP contribution in [0.4, 0.5) is 5.95 Å². The smallest absolute Gasteiger partial charge is 0.226 e. The van der Waals surface area contributed by atoms with Crippen molar-refractivity contribution in [1.82, 2.24) is 15.3 Å². The Morgan fingerprint density at radius 3 is 2.94 bits per heavy atom. The lowest BCUT2D eigenvalue weighted by atomic mass is 10.2. The van der Waals surface area contributed by atoms with E-state index in [9.17, 15) is 0 Å². The van der Waals surface area contributed by atoms with Crippen molar-refractivity contribution in [3.8, 4) is 0 Å². The van der Waals surface area contributed by atoms with Crippen molar-refractivity contribution in [1.29, 1.82) is 0 Å². The average Bonchev–Trinajstić information content (AvgIpc) is 2.74. The molecule has 2 rings (SSSR count). The third-order valence-corrected chi connectivity index (χ3v) is 3.28. The second-order valence-corrected chi connectivity index (χ2v) is 4.68. The SMILES string of the molecule is Cc1cnc(N(C)CC2CCCN2)nc1Cl.Cl. The third-order valence-electron chi connectivity index (χ3n) is 2.90. The van der Waals surface area contributed by atoms with Gasteiger partial charge in [0.15, 0.2) is 0 Å². The number of hydrogen-bond acceptors (Lipinski definition) is 4. The van der Waals surface area contributed by atoms with Gasteiger partial charge < -0.3 is 10.2 Å². The molecule has 1 fully saturated rings. The molecule has 4 nitrogen and oxygen atoms in total. The fourth-order valence-electron chi connectivity index (χ4n) is 1.92. The van der Waals surface area contributed by atoms with E-state index in [4.69, 9.17) is 11.6 Å². The molecule has 1 atom stereocenters. The molecule has 0 spiro atoms. The van der Waals surface area contributed by atoms with E-state index in [2.05, 4.69) is 15.3 Å². The second kappa shape index (κ2) is 6.38. The molecule has 6 heteroatoms. The summed E-state index contributed by atoms with van der Waals surface area (Å²) >= 11 is 5.98. The maximum absolute atomic E-state index is 5.98. The van der Waals surface area contributed by atoms with Gasteiger partial charge in [-0.2, -0.15) is 0 Å². The number of hydrogen-bond donors (Lipinski definition) is 1. The molecule has 96 valence electrons. The molecule has 1 unspecified atom stereocenters. The number of rotatable bonds is 3. The highest BCUT2D eigenvalue weighted by Crippen LogP contribution is 2.15. The van der Waals surface area contributed by atoms with Crippen LogP contribution in [0.3, 0.4) is 0 Å². The lowest BCUT2D eigenvalue weighted by molar-refractivity contribution is 0.594. The first-order valence-corrected chi connectivity index (χ1v) is 5.98. The average molecular weight is 277 g/mol. The van der Waals surface area contributed by atoms with Gasteiger partial charge in [-0.3, -0.25) is 0 Å². The monoisotopic (exact) mass is 276 g/mol. The van der Waals surface area contributed by atoms with Gasteiger partial charge in [0.1, 0.15) is 5.15 Å². The van der Waals surface area contributed by atoms with Crippen molar-refractivity contribution in [3.05, 3.63) is 16.9 Å². The van der Waals surface area contributed by atoms with Crippen LogP contribution in [0.1, 0.15) is 18.4 Å². The largest absolute Gasteiger partial charge is 0.342 e. The van der Waals surface area contributed by atoms with E-state index in [1.54, 1.807) is 6.20 Å². The van der Waals surface area contributed by atoms with Crippen LogP contribution >= 0.6 is 24.0 Å². The Hall–Kier alpha value is -0.580. The molecule has 1 aliphatic rings. The molecular formula is C11H18Cl2N4. The summed E-state index contributed by atoms with van der Waals surface area (Å²) in [5.41, 5.74) is 0.915. The summed E-state index contributed by atoms with van der Waals surface area (Å²) in [6.45, 7) is 3.96. The molecular weight excluding hydrogens is 259 g/mol. The molecule has 1 N–H and O–H groups in total. The van der Waals surface area contributed by atoms with Gasteiger partial charge in [0.2, 0.25) is 5.95 Å². The topological polar surface area (TPSA) is 41.1 Å². The summed E-state index contributed by atoms with van der Waals surface area (Å²) in [6.07, 6.45) is 4.25. The van der Waals surface area contributed by atoms with E-state index < -0.39 is 0 Å². The van der Waals surface area contributed by atoms with Gasteiger partial charge in [0.05, 0.1) is 0 Å². The van der Waals surface area contributed by atoms with Crippen molar-refractivity contribution in [2.75, 3.05) is 25.0 Å². The molecule has 0 radical (unpaired) electrons. The number of aryl methyl sites for hydroxylation is 1. The summed E-state index contributed by atoms with van der Waals surface area (Å²) in [5.74, 6) is 0.698. The van der Waals surface area contributed by atoms with Gasteiger partial charge in [-0.05, 0) is 26.3 Å². The van der Waals surface area contributed by atoms with Crippen molar-refractivity contribution in [2.24, 2.45) is 0 Å². The number of anilines is 1.